The van der Waals surface area contributed by atoms with E-state index in [1.54, 1.807) is 12.3 Å². The number of pyridine rings is 1. The summed E-state index contributed by atoms with van der Waals surface area (Å²) in [5.74, 6) is -0.402. The average molecular weight is 473 g/mol. The summed E-state index contributed by atoms with van der Waals surface area (Å²) in [4.78, 5) is 32.2. The normalized spacial score (nSPS) is 11.9. The van der Waals surface area contributed by atoms with Crippen molar-refractivity contribution in [1.29, 1.82) is 0 Å². The molecule has 1 unspecified atom stereocenters. The van der Waals surface area contributed by atoms with E-state index < -0.39 is 5.97 Å². The second-order valence-electron chi connectivity index (χ2n) is 8.74. The van der Waals surface area contributed by atoms with Gasteiger partial charge in [-0.25, -0.2) is 4.98 Å². The van der Waals surface area contributed by atoms with Gasteiger partial charge in [-0.2, -0.15) is 4.98 Å². The van der Waals surface area contributed by atoms with Crippen molar-refractivity contribution in [3.05, 3.63) is 77.0 Å². The van der Waals surface area contributed by atoms with Crippen LogP contribution in [0.4, 0.5) is 17.5 Å². The summed E-state index contributed by atoms with van der Waals surface area (Å²) in [6.07, 6.45) is 1.94. The van der Waals surface area contributed by atoms with Crippen molar-refractivity contribution in [3.8, 4) is 0 Å². The molecule has 180 valence electrons. The van der Waals surface area contributed by atoms with Crippen LogP contribution in [0.15, 0.2) is 59.1 Å². The number of ketones is 1. The molecule has 0 aliphatic heterocycles. The second-order valence-corrected chi connectivity index (χ2v) is 8.74. The maximum Gasteiger partial charge on any atom is 0.303 e. The molecule has 0 saturated carbocycles. The molecule has 8 heteroatoms. The van der Waals surface area contributed by atoms with Gasteiger partial charge in [-0.05, 0) is 66.3 Å². The van der Waals surface area contributed by atoms with Crippen LogP contribution in [0, 0.1) is 13.8 Å². The standard InChI is InChI=1S/C27H28N4O4/c1-16-5-4-6-22(18(16)3)30-27-31-23-9-7-19(13-24(23)35-27)12-21(32)15-29-25-10-8-20(14-28-25)17(2)11-26(33)34/h4-10,13-14,17H,11-12,15H2,1-3H3,(H,28,29)(H,30,31)(H,33,34). The lowest BCUT2D eigenvalue weighted by Crippen LogP contribution is -2.16. The Morgan fingerprint density at radius 2 is 1.94 bits per heavy atom. The summed E-state index contributed by atoms with van der Waals surface area (Å²) in [6.45, 7) is 6.07. The van der Waals surface area contributed by atoms with Crippen LogP contribution in [0.2, 0.25) is 0 Å². The van der Waals surface area contributed by atoms with Gasteiger partial charge in [-0.15, -0.1) is 0 Å². The van der Waals surface area contributed by atoms with Crippen molar-refractivity contribution in [1.82, 2.24) is 9.97 Å². The Morgan fingerprint density at radius 1 is 1.11 bits per heavy atom. The molecular formula is C27H28N4O4. The number of hydrogen-bond donors (Lipinski definition) is 3. The molecule has 1 atom stereocenters. The molecule has 4 rings (SSSR count). The minimum absolute atomic E-state index is 0.00252. The van der Waals surface area contributed by atoms with E-state index >= 15 is 0 Å². The van der Waals surface area contributed by atoms with Crippen molar-refractivity contribution in [3.63, 3.8) is 0 Å². The molecule has 8 nitrogen and oxygen atoms in total. The van der Waals surface area contributed by atoms with Crippen molar-refractivity contribution in [2.45, 2.75) is 39.5 Å². The predicted octanol–water partition coefficient (Wildman–Crippen LogP) is 5.39. The summed E-state index contributed by atoms with van der Waals surface area (Å²) in [5.41, 5.74) is 6.26. The fourth-order valence-corrected chi connectivity index (χ4v) is 3.79. The zero-order chi connectivity index (χ0) is 24.9. The third kappa shape index (κ3) is 6.03. The number of oxazole rings is 1. The van der Waals surface area contributed by atoms with Crippen molar-refractivity contribution in [2.75, 3.05) is 17.2 Å². The predicted molar refractivity (Wildman–Crippen MR) is 135 cm³/mol. The number of anilines is 3. The molecule has 0 saturated heterocycles. The fraction of sp³-hybridized carbons (Fsp3) is 0.259. The first-order valence-electron chi connectivity index (χ1n) is 11.4. The number of aromatic nitrogens is 2. The highest BCUT2D eigenvalue weighted by molar-refractivity contribution is 5.86. The van der Waals surface area contributed by atoms with Gasteiger partial charge < -0.3 is 20.2 Å². The summed E-state index contributed by atoms with van der Waals surface area (Å²) in [5, 5.41) is 15.2. The number of carbonyl (C=O) groups is 2. The zero-order valence-corrected chi connectivity index (χ0v) is 20.0. The maximum atomic E-state index is 12.5. The number of Topliss-reactive ketones (excluding diaryl/α,β-unsaturated/α-hetero) is 1. The smallest absolute Gasteiger partial charge is 0.303 e. The van der Waals surface area contributed by atoms with Gasteiger partial charge in [0.2, 0.25) is 0 Å². The molecule has 4 aromatic rings. The molecule has 0 aliphatic rings. The number of carboxylic acid groups (broad SMARTS) is 1. The monoisotopic (exact) mass is 472 g/mol. The molecule has 2 aromatic heterocycles. The Kier molecular flexibility index (Phi) is 7.10. The number of nitrogens with one attached hydrogen (secondary N) is 2. The van der Waals surface area contributed by atoms with Gasteiger partial charge in [0, 0.05) is 18.3 Å². The fourth-order valence-electron chi connectivity index (χ4n) is 3.79. The highest BCUT2D eigenvalue weighted by Gasteiger charge is 2.12. The van der Waals surface area contributed by atoms with Crippen LogP contribution < -0.4 is 10.6 Å². The second kappa shape index (κ2) is 10.4. The van der Waals surface area contributed by atoms with E-state index in [1.807, 2.05) is 50.2 Å². The Balaban J connectivity index is 1.35. The number of benzene rings is 2. The Bertz CT molecular complexity index is 1360. The summed E-state index contributed by atoms with van der Waals surface area (Å²) in [6, 6.07) is 15.6. The first-order valence-corrected chi connectivity index (χ1v) is 11.4. The number of fused-ring (bicyclic) bond motifs is 1. The molecule has 2 heterocycles. The van der Waals surface area contributed by atoms with Gasteiger partial charge in [-0.1, -0.05) is 31.2 Å². The molecule has 0 aliphatic carbocycles. The number of hydrogen-bond acceptors (Lipinski definition) is 7. The van der Waals surface area contributed by atoms with Gasteiger partial charge in [0.05, 0.1) is 13.0 Å². The van der Waals surface area contributed by atoms with E-state index in [4.69, 9.17) is 9.52 Å². The van der Waals surface area contributed by atoms with E-state index in [9.17, 15) is 9.59 Å². The van der Waals surface area contributed by atoms with Gasteiger partial charge in [0.1, 0.15) is 11.3 Å². The van der Waals surface area contributed by atoms with Gasteiger partial charge in [0.25, 0.3) is 6.01 Å². The molecule has 2 aromatic carbocycles. The van der Waals surface area contributed by atoms with E-state index in [2.05, 4.69) is 33.6 Å². The van der Waals surface area contributed by atoms with Gasteiger partial charge >= 0.3 is 5.97 Å². The van der Waals surface area contributed by atoms with E-state index in [0.717, 1.165) is 22.4 Å². The number of aryl methyl sites for hydroxylation is 1. The van der Waals surface area contributed by atoms with E-state index in [-0.39, 0.29) is 31.1 Å². The molecule has 0 spiro atoms. The van der Waals surface area contributed by atoms with Crippen LogP contribution in [0.3, 0.4) is 0 Å². The Morgan fingerprint density at radius 3 is 2.69 bits per heavy atom. The molecular weight excluding hydrogens is 444 g/mol. The molecule has 3 N–H and O–H groups in total. The maximum absolute atomic E-state index is 12.5. The van der Waals surface area contributed by atoms with Crippen molar-refractivity contribution < 1.29 is 19.1 Å². The van der Waals surface area contributed by atoms with Gasteiger partial charge in [0.15, 0.2) is 11.4 Å². The molecule has 0 amide bonds. The number of carboxylic acids is 1. The number of carbonyl (C=O) groups excluding carboxylic acids is 1. The van der Waals surface area contributed by atoms with E-state index in [1.165, 1.54) is 5.56 Å². The summed E-state index contributed by atoms with van der Waals surface area (Å²) < 4.78 is 5.88. The average Bonchev–Trinajstić information content (AvgIpc) is 3.22. The van der Waals surface area contributed by atoms with Gasteiger partial charge in [-0.3, -0.25) is 9.59 Å². The molecule has 0 radical (unpaired) electrons. The Labute approximate surface area is 203 Å². The number of nitrogens with zero attached hydrogens (tertiary/aromatic N) is 2. The lowest BCUT2D eigenvalue weighted by molar-refractivity contribution is -0.137. The first-order chi connectivity index (χ1) is 16.8. The highest BCUT2D eigenvalue weighted by Crippen LogP contribution is 2.26. The van der Waals surface area contributed by atoms with E-state index in [0.29, 0.717) is 22.9 Å². The van der Waals surface area contributed by atoms with Crippen LogP contribution >= 0.6 is 0 Å². The zero-order valence-electron chi connectivity index (χ0n) is 20.0. The quantitative estimate of drug-likeness (QED) is 0.281. The van der Waals surface area contributed by atoms with Crippen LogP contribution in [0.25, 0.3) is 11.1 Å². The van der Waals surface area contributed by atoms with Crippen LogP contribution in [-0.4, -0.2) is 33.4 Å². The summed E-state index contributed by atoms with van der Waals surface area (Å²) in [7, 11) is 0. The summed E-state index contributed by atoms with van der Waals surface area (Å²) >= 11 is 0. The van der Waals surface area contributed by atoms with Crippen molar-refractivity contribution >= 4 is 40.4 Å². The minimum atomic E-state index is -0.845. The lowest BCUT2D eigenvalue weighted by atomic mass is 10.00. The number of rotatable bonds is 10. The topological polar surface area (TPSA) is 117 Å². The van der Waals surface area contributed by atoms with Crippen LogP contribution in [0.1, 0.15) is 41.5 Å². The third-order valence-corrected chi connectivity index (χ3v) is 6.00. The molecule has 0 bridgehead atoms. The number of aliphatic carboxylic acids is 1. The van der Waals surface area contributed by atoms with Crippen molar-refractivity contribution in [2.24, 2.45) is 0 Å². The molecule has 35 heavy (non-hydrogen) atoms. The lowest BCUT2D eigenvalue weighted by Gasteiger charge is -2.10. The third-order valence-electron chi connectivity index (χ3n) is 6.00. The SMILES string of the molecule is Cc1cccc(Nc2nc3ccc(CC(=O)CNc4ccc(C(C)CC(=O)O)cn4)cc3o2)c1C. The highest BCUT2D eigenvalue weighted by atomic mass is 16.4. The minimum Gasteiger partial charge on any atom is -0.481 e. The van der Waals surface area contributed by atoms with Crippen LogP contribution in [-0.2, 0) is 16.0 Å². The Hall–Kier alpha value is -4.20. The first kappa shape index (κ1) is 23.9. The van der Waals surface area contributed by atoms with Crippen LogP contribution in [0.5, 0.6) is 0 Å². The largest absolute Gasteiger partial charge is 0.481 e. The molecule has 0 fully saturated rings.